The molecule has 0 aliphatic carbocycles. The Hall–Kier alpha value is -1.39. The second-order valence-corrected chi connectivity index (χ2v) is 4.13. The summed E-state index contributed by atoms with van der Waals surface area (Å²) >= 11 is 11.5. The number of rotatable bonds is 1. The maximum Gasteiger partial charge on any atom is 0.295 e. The predicted molar refractivity (Wildman–Crippen MR) is 57.4 cm³/mol. The average molecular weight is 258 g/mol. The Balaban J connectivity index is 2.48. The summed E-state index contributed by atoms with van der Waals surface area (Å²) in [7, 11) is 0. The number of hydrogen-bond donors (Lipinski definition) is 1. The zero-order valence-electron chi connectivity index (χ0n) is 7.79. The van der Waals surface area contributed by atoms with Crippen LogP contribution in [-0.4, -0.2) is 17.6 Å². The van der Waals surface area contributed by atoms with Crippen molar-refractivity contribution >= 4 is 40.8 Å². The first-order valence-electron chi connectivity index (χ1n) is 4.34. The third-order valence-electron chi connectivity index (χ3n) is 2.26. The second kappa shape index (κ2) is 3.88. The van der Waals surface area contributed by atoms with Crippen molar-refractivity contribution < 1.29 is 14.4 Å². The molecule has 1 atom stereocenters. The second-order valence-electron chi connectivity index (χ2n) is 3.28. The lowest BCUT2D eigenvalue weighted by Crippen LogP contribution is -2.22. The molecule has 1 N–H and O–H groups in total. The quantitative estimate of drug-likeness (QED) is 0.469. The van der Waals surface area contributed by atoms with E-state index in [-0.39, 0.29) is 5.02 Å². The summed E-state index contributed by atoms with van der Waals surface area (Å²) in [5.74, 6) is -3.51. The highest BCUT2D eigenvalue weighted by molar-refractivity contribution is 6.50. The molecule has 0 saturated carbocycles. The van der Waals surface area contributed by atoms with E-state index in [1.807, 2.05) is 5.32 Å². The Bertz CT molecular complexity index is 513. The van der Waals surface area contributed by atoms with Crippen LogP contribution in [-0.2, 0) is 14.4 Å². The van der Waals surface area contributed by atoms with Gasteiger partial charge in [0.2, 0.25) is 11.7 Å². The monoisotopic (exact) mass is 257 g/mol. The van der Waals surface area contributed by atoms with Gasteiger partial charge in [0, 0.05) is 10.0 Å². The number of ketones is 1. The number of imide groups is 1. The highest BCUT2D eigenvalue weighted by atomic mass is 35.5. The number of benzene rings is 1. The van der Waals surface area contributed by atoms with Crippen LogP contribution in [0, 0.1) is 0 Å². The number of hydrogen-bond acceptors (Lipinski definition) is 3. The highest BCUT2D eigenvalue weighted by Gasteiger charge is 2.42. The van der Waals surface area contributed by atoms with Crippen LogP contribution in [0.4, 0.5) is 0 Å². The molecule has 0 radical (unpaired) electrons. The van der Waals surface area contributed by atoms with E-state index >= 15 is 0 Å². The van der Waals surface area contributed by atoms with Crippen molar-refractivity contribution in [2.45, 2.75) is 5.92 Å². The fourth-order valence-corrected chi connectivity index (χ4v) is 2.03. The van der Waals surface area contributed by atoms with Gasteiger partial charge in [-0.15, -0.1) is 0 Å². The van der Waals surface area contributed by atoms with Crippen molar-refractivity contribution in [1.29, 1.82) is 0 Å². The Labute approximate surface area is 101 Å². The minimum absolute atomic E-state index is 0.190. The van der Waals surface area contributed by atoms with Crippen molar-refractivity contribution in [3.05, 3.63) is 33.8 Å². The van der Waals surface area contributed by atoms with Crippen LogP contribution < -0.4 is 5.32 Å². The molecule has 0 aromatic heterocycles. The average Bonchev–Trinajstić information content (AvgIpc) is 2.43. The number of halogens is 2. The molecule has 1 fully saturated rings. The Morgan fingerprint density at radius 2 is 1.81 bits per heavy atom. The largest absolute Gasteiger partial charge is 0.295 e. The van der Waals surface area contributed by atoms with E-state index in [9.17, 15) is 14.4 Å². The lowest BCUT2D eigenvalue weighted by Gasteiger charge is -2.07. The topological polar surface area (TPSA) is 63.2 Å². The molecule has 6 heteroatoms. The summed E-state index contributed by atoms with van der Waals surface area (Å²) in [5, 5.41) is 2.52. The summed E-state index contributed by atoms with van der Waals surface area (Å²) < 4.78 is 0. The van der Waals surface area contributed by atoms with Gasteiger partial charge in [-0.3, -0.25) is 19.7 Å². The van der Waals surface area contributed by atoms with E-state index in [2.05, 4.69) is 0 Å². The van der Waals surface area contributed by atoms with E-state index in [1.54, 1.807) is 0 Å². The molecule has 1 aliphatic rings. The molecule has 16 heavy (non-hydrogen) atoms. The molecule has 1 aliphatic heterocycles. The van der Waals surface area contributed by atoms with E-state index < -0.39 is 23.5 Å². The first kappa shape index (κ1) is 11.1. The van der Waals surface area contributed by atoms with Crippen molar-refractivity contribution in [2.24, 2.45) is 0 Å². The van der Waals surface area contributed by atoms with E-state index in [0.29, 0.717) is 10.6 Å². The van der Waals surface area contributed by atoms with Gasteiger partial charge in [-0.25, -0.2) is 0 Å². The molecular weight excluding hydrogens is 253 g/mol. The Morgan fingerprint density at radius 1 is 1.12 bits per heavy atom. The number of carbonyl (C=O) groups is 3. The van der Waals surface area contributed by atoms with Gasteiger partial charge in [0.05, 0.1) is 0 Å². The van der Waals surface area contributed by atoms with Crippen molar-refractivity contribution in [2.75, 3.05) is 0 Å². The van der Waals surface area contributed by atoms with E-state index in [0.717, 1.165) is 0 Å². The smallest absolute Gasteiger partial charge is 0.289 e. The van der Waals surface area contributed by atoms with Crippen LogP contribution in [0.25, 0.3) is 0 Å². The third-order valence-corrected chi connectivity index (χ3v) is 2.82. The van der Waals surface area contributed by atoms with Gasteiger partial charge in [0.1, 0.15) is 5.92 Å². The van der Waals surface area contributed by atoms with Crippen LogP contribution in [0.2, 0.25) is 10.0 Å². The molecule has 1 aromatic carbocycles. The summed E-state index contributed by atoms with van der Waals surface area (Å²) in [5.41, 5.74) is 0.291. The van der Waals surface area contributed by atoms with E-state index in [1.165, 1.54) is 18.2 Å². The zero-order valence-corrected chi connectivity index (χ0v) is 9.30. The van der Waals surface area contributed by atoms with Gasteiger partial charge in [-0.2, -0.15) is 0 Å². The van der Waals surface area contributed by atoms with Crippen LogP contribution in [0.15, 0.2) is 18.2 Å². The van der Waals surface area contributed by atoms with Crippen molar-refractivity contribution in [3.63, 3.8) is 0 Å². The van der Waals surface area contributed by atoms with Crippen LogP contribution >= 0.6 is 23.2 Å². The van der Waals surface area contributed by atoms with Crippen LogP contribution in [0.5, 0.6) is 0 Å². The van der Waals surface area contributed by atoms with Crippen molar-refractivity contribution in [1.82, 2.24) is 5.32 Å². The molecule has 0 spiro atoms. The van der Waals surface area contributed by atoms with Crippen LogP contribution in [0.1, 0.15) is 11.5 Å². The van der Waals surface area contributed by atoms with Gasteiger partial charge in [0.25, 0.3) is 5.91 Å². The fourth-order valence-electron chi connectivity index (χ4n) is 1.51. The minimum atomic E-state index is -1.16. The molecule has 1 heterocycles. The molecule has 1 unspecified atom stereocenters. The predicted octanol–water partition coefficient (Wildman–Crippen LogP) is 1.30. The molecule has 4 nitrogen and oxygen atoms in total. The maximum absolute atomic E-state index is 11.4. The lowest BCUT2D eigenvalue weighted by atomic mass is 9.96. The third kappa shape index (κ3) is 1.70. The lowest BCUT2D eigenvalue weighted by molar-refractivity contribution is -0.135. The Morgan fingerprint density at radius 3 is 2.31 bits per heavy atom. The molecule has 2 amide bonds. The summed E-state index contributed by atoms with van der Waals surface area (Å²) in [6.07, 6.45) is 0. The summed E-state index contributed by atoms with van der Waals surface area (Å²) in [6, 6.07) is 4.39. The van der Waals surface area contributed by atoms with Gasteiger partial charge in [-0.05, 0) is 17.7 Å². The van der Waals surface area contributed by atoms with Gasteiger partial charge < -0.3 is 0 Å². The minimum Gasteiger partial charge on any atom is -0.289 e. The van der Waals surface area contributed by atoms with Gasteiger partial charge in [0.15, 0.2) is 0 Å². The van der Waals surface area contributed by atoms with Crippen LogP contribution in [0.3, 0.4) is 0 Å². The normalized spacial score (nSPS) is 20.1. The molecule has 1 saturated heterocycles. The molecular formula is C10H5Cl2NO3. The number of amides is 2. The SMILES string of the molecule is O=C1NC(=O)C(c2ccc(Cl)cc2Cl)C1=O. The number of Topliss-reactive ketones (excluding diaryl/α,β-unsaturated/α-hetero) is 1. The molecule has 0 bridgehead atoms. The Kier molecular flexibility index (Phi) is 2.69. The number of nitrogens with one attached hydrogen (secondary N) is 1. The van der Waals surface area contributed by atoms with Gasteiger partial charge in [-0.1, -0.05) is 29.3 Å². The fraction of sp³-hybridized carbons (Fsp3) is 0.100. The standard InChI is InChI=1S/C10H5Cl2NO3/c11-4-1-2-5(6(12)3-4)7-8(14)10(16)13-9(7)15/h1-3,7H,(H,13,15,16). The zero-order chi connectivity index (χ0) is 11.9. The molecule has 82 valence electrons. The molecule has 1 aromatic rings. The van der Waals surface area contributed by atoms with E-state index in [4.69, 9.17) is 23.2 Å². The highest BCUT2D eigenvalue weighted by Crippen LogP contribution is 2.30. The van der Waals surface area contributed by atoms with Crippen molar-refractivity contribution in [3.8, 4) is 0 Å². The summed E-state index contributed by atoms with van der Waals surface area (Å²) in [4.78, 5) is 33.8. The summed E-state index contributed by atoms with van der Waals surface area (Å²) in [6.45, 7) is 0. The first-order valence-corrected chi connectivity index (χ1v) is 5.10. The molecule has 2 rings (SSSR count). The number of carbonyl (C=O) groups excluding carboxylic acids is 3. The maximum atomic E-state index is 11.4. The van der Waals surface area contributed by atoms with Gasteiger partial charge >= 0.3 is 0 Å². The first-order chi connectivity index (χ1) is 7.50.